The fraction of sp³-hybridized carbons (Fsp3) is 0.286. The van der Waals surface area contributed by atoms with Crippen molar-refractivity contribution in [3.05, 3.63) is 35.7 Å². The second-order valence-electron chi connectivity index (χ2n) is 3.98. The van der Waals surface area contributed by atoms with E-state index in [-0.39, 0.29) is 12.5 Å². The van der Waals surface area contributed by atoms with Crippen molar-refractivity contribution in [1.29, 1.82) is 0 Å². The molecular formula is C14H16FNO4. The lowest BCUT2D eigenvalue weighted by Gasteiger charge is -2.09. The molecule has 0 heterocycles. The van der Waals surface area contributed by atoms with Crippen molar-refractivity contribution in [2.45, 2.75) is 12.8 Å². The number of carboxylic acid groups (broad SMARTS) is 1. The van der Waals surface area contributed by atoms with Gasteiger partial charge in [-0.05, 0) is 30.7 Å². The van der Waals surface area contributed by atoms with E-state index < -0.39 is 11.8 Å². The summed E-state index contributed by atoms with van der Waals surface area (Å²) in [6.07, 6.45) is 3.02. The third-order valence-electron chi connectivity index (χ3n) is 2.46. The summed E-state index contributed by atoms with van der Waals surface area (Å²) in [6, 6.07) is 3.84. The number of rotatable bonds is 7. The summed E-state index contributed by atoms with van der Waals surface area (Å²) in [5.41, 5.74) is 0.340. The highest BCUT2D eigenvalue weighted by Crippen LogP contribution is 2.21. The largest absolute Gasteiger partial charge is 0.493 e. The number of hydrogen-bond donors (Lipinski definition) is 2. The molecule has 0 unspecified atom stereocenters. The maximum Gasteiger partial charge on any atom is 0.328 e. The lowest BCUT2D eigenvalue weighted by atomic mass is 10.2. The van der Waals surface area contributed by atoms with Gasteiger partial charge in [-0.2, -0.15) is 0 Å². The van der Waals surface area contributed by atoms with Crippen LogP contribution in [0.3, 0.4) is 0 Å². The zero-order valence-corrected chi connectivity index (χ0v) is 11.1. The first-order valence-corrected chi connectivity index (χ1v) is 6.07. The van der Waals surface area contributed by atoms with Crippen LogP contribution in [0.15, 0.2) is 24.3 Å². The van der Waals surface area contributed by atoms with Crippen molar-refractivity contribution in [1.82, 2.24) is 5.32 Å². The minimum Gasteiger partial charge on any atom is -0.493 e. The Morgan fingerprint density at radius 1 is 1.45 bits per heavy atom. The summed E-state index contributed by atoms with van der Waals surface area (Å²) in [7, 11) is 1.55. The number of carboxylic acids is 1. The van der Waals surface area contributed by atoms with Gasteiger partial charge >= 0.3 is 5.97 Å². The zero-order valence-electron chi connectivity index (χ0n) is 11.1. The van der Waals surface area contributed by atoms with Gasteiger partial charge in [0.05, 0.1) is 6.61 Å². The molecule has 6 heteroatoms. The molecule has 5 nitrogen and oxygen atoms in total. The van der Waals surface area contributed by atoms with Gasteiger partial charge in [-0.1, -0.05) is 0 Å². The highest BCUT2D eigenvalue weighted by Gasteiger charge is 2.04. The summed E-state index contributed by atoms with van der Waals surface area (Å²) < 4.78 is 18.6. The lowest BCUT2D eigenvalue weighted by molar-refractivity contribution is -0.131. The number of carbonyl (C=O) groups is 2. The number of nitrogens with one attached hydrogen (secondary N) is 1. The van der Waals surface area contributed by atoms with Crippen LogP contribution in [-0.2, 0) is 9.59 Å². The number of hydrogen-bond acceptors (Lipinski definition) is 3. The Balaban J connectivity index is 2.64. The molecule has 1 aromatic carbocycles. The van der Waals surface area contributed by atoms with Crippen molar-refractivity contribution >= 4 is 18.0 Å². The van der Waals surface area contributed by atoms with E-state index in [9.17, 15) is 14.0 Å². The van der Waals surface area contributed by atoms with Gasteiger partial charge in [0.2, 0.25) is 5.91 Å². The van der Waals surface area contributed by atoms with Crippen LogP contribution in [0.4, 0.5) is 4.39 Å². The van der Waals surface area contributed by atoms with E-state index >= 15 is 0 Å². The second-order valence-corrected chi connectivity index (χ2v) is 3.98. The van der Waals surface area contributed by atoms with Gasteiger partial charge in [-0.3, -0.25) is 4.79 Å². The standard InChI is InChI=1S/C14H16FNO4/c1-16-13(17)3-2-8-20-12-6-5-11(15)9-10(12)4-7-14(18)19/h4-7,9H,2-3,8H2,1H3,(H,16,17)(H,18,19)/b7-4+. The number of halogens is 1. The van der Waals surface area contributed by atoms with Gasteiger partial charge in [0.1, 0.15) is 11.6 Å². The monoisotopic (exact) mass is 281 g/mol. The number of benzene rings is 1. The molecule has 1 aromatic rings. The predicted molar refractivity (Wildman–Crippen MR) is 71.9 cm³/mol. The Hall–Kier alpha value is -2.37. The van der Waals surface area contributed by atoms with E-state index in [0.29, 0.717) is 24.2 Å². The Labute approximate surface area is 116 Å². The number of carbonyl (C=O) groups excluding carboxylic acids is 1. The van der Waals surface area contributed by atoms with Crippen LogP contribution in [-0.4, -0.2) is 30.6 Å². The van der Waals surface area contributed by atoms with Crippen molar-refractivity contribution in [2.75, 3.05) is 13.7 Å². The van der Waals surface area contributed by atoms with Gasteiger partial charge in [-0.15, -0.1) is 0 Å². The average Bonchev–Trinajstić information content (AvgIpc) is 2.42. The highest BCUT2D eigenvalue weighted by atomic mass is 19.1. The van der Waals surface area contributed by atoms with Crippen molar-refractivity contribution in [3.8, 4) is 5.75 Å². The molecule has 0 radical (unpaired) electrons. The first-order chi connectivity index (χ1) is 9.52. The molecule has 0 bridgehead atoms. The topological polar surface area (TPSA) is 75.6 Å². The molecular weight excluding hydrogens is 265 g/mol. The Bertz CT molecular complexity index is 514. The molecule has 0 aromatic heterocycles. The fourth-order valence-corrected chi connectivity index (χ4v) is 1.48. The first kappa shape index (κ1) is 15.7. The lowest BCUT2D eigenvalue weighted by Crippen LogP contribution is -2.18. The van der Waals surface area contributed by atoms with Gasteiger partial charge in [-0.25, -0.2) is 9.18 Å². The van der Waals surface area contributed by atoms with E-state index in [4.69, 9.17) is 9.84 Å². The molecule has 20 heavy (non-hydrogen) atoms. The second kappa shape index (κ2) is 7.93. The van der Waals surface area contributed by atoms with E-state index in [1.54, 1.807) is 7.05 Å². The van der Waals surface area contributed by atoms with Crippen molar-refractivity contribution in [3.63, 3.8) is 0 Å². The SMILES string of the molecule is CNC(=O)CCCOc1ccc(F)cc1/C=C/C(=O)O. The van der Waals surface area contributed by atoms with Crippen LogP contribution < -0.4 is 10.1 Å². The number of ether oxygens (including phenoxy) is 1. The third kappa shape index (κ3) is 5.51. The minimum absolute atomic E-state index is 0.0845. The molecule has 0 aliphatic carbocycles. The average molecular weight is 281 g/mol. The van der Waals surface area contributed by atoms with E-state index in [0.717, 1.165) is 6.08 Å². The summed E-state index contributed by atoms with van der Waals surface area (Å²) in [4.78, 5) is 21.5. The molecule has 1 amide bonds. The van der Waals surface area contributed by atoms with Crippen LogP contribution in [0.25, 0.3) is 6.08 Å². The number of aliphatic carboxylic acids is 1. The smallest absolute Gasteiger partial charge is 0.328 e. The van der Waals surface area contributed by atoms with Gasteiger partial charge in [0, 0.05) is 25.1 Å². The van der Waals surface area contributed by atoms with Crippen LogP contribution in [0.1, 0.15) is 18.4 Å². The molecule has 2 N–H and O–H groups in total. The van der Waals surface area contributed by atoms with E-state index in [2.05, 4.69) is 5.32 Å². The van der Waals surface area contributed by atoms with E-state index in [1.807, 2.05) is 0 Å². The summed E-state index contributed by atoms with van der Waals surface area (Å²) >= 11 is 0. The van der Waals surface area contributed by atoms with Crippen LogP contribution >= 0.6 is 0 Å². The molecule has 0 atom stereocenters. The molecule has 0 aliphatic heterocycles. The van der Waals surface area contributed by atoms with Crippen molar-refractivity contribution < 1.29 is 23.8 Å². The van der Waals surface area contributed by atoms with Gasteiger partial charge in [0.25, 0.3) is 0 Å². The Morgan fingerprint density at radius 2 is 2.20 bits per heavy atom. The molecule has 0 saturated carbocycles. The summed E-state index contributed by atoms with van der Waals surface area (Å²) in [5, 5.41) is 11.1. The molecule has 108 valence electrons. The predicted octanol–water partition coefficient (Wildman–Crippen LogP) is 1.83. The Morgan fingerprint density at radius 3 is 2.85 bits per heavy atom. The highest BCUT2D eigenvalue weighted by molar-refractivity contribution is 5.85. The fourth-order valence-electron chi connectivity index (χ4n) is 1.48. The first-order valence-electron chi connectivity index (χ1n) is 6.07. The minimum atomic E-state index is -1.13. The molecule has 0 spiro atoms. The molecule has 1 rings (SSSR count). The Kier molecular flexibility index (Phi) is 6.22. The number of amides is 1. The van der Waals surface area contributed by atoms with Gasteiger partial charge < -0.3 is 15.2 Å². The maximum atomic E-state index is 13.1. The zero-order chi connectivity index (χ0) is 15.0. The molecule has 0 aliphatic rings. The summed E-state index contributed by atoms with van der Waals surface area (Å²) in [6.45, 7) is 0.285. The van der Waals surface area contributed by atoms with Crippen molar-refractivity contribution in [2.24, 2.45) is 0 Å². The van der Waals surface area contributed by atoms with Crippen LogP contribution in [0.2, 0.25) is 0 Å². The molecule has 0 saturated heterocycles. The summed E-state index contributed by atoms with van der Waals surface area (Å²) in [5.74, 6) is -1.31. The van der Waals surface area contributed by atoms with Gasteiger partial charge in [0.15, 0.2) is 0 Å². The maximum absolute atomic E-state index is 13.1. The van der Waals surface area contributed by atoms with Crippen LogP contribution in [0, 0.1) is 5.82 Å². The normalized spacial score (nSPS) is 10.5. The van der Waals surface area contributed by atoms with E-state index in [1.165, 1.54) is 24.3 Å². The molecule has 0 fully saturated rings. The quantitative estimate of drug-likeness (QED) is 0.590. The third-order valence-corrected chi connectivity index (χ3v) is 2.46. The van der Waals surface area contributed by atoms with Crippen LogP contribution in [0.5, 0.6) is 5.75 Å².